The molecule has 3 aromatic rings. The molecule has 2 aromatic carbocycles. The summed E-state index contributed by atoms with van der Waals surface area (Å²) in [5, 5.41) is 4.45. The monoisotopic (exact) mass is 383 g/mol. The molecule has 0 aliphatic heterocycles. The van der Waals surface area contributed by atoms with E-state index in [9.17, 15) is 8.42 Å². The molecule has 0 radical (unpaired) electrons. The van der Waals surface area contributed by atoms with Gasteiger partial charge in [0.05, 0.1) is 17.1 Å². The Morgan fingerprint density at radius 3 is 2.30 bits per heavy atom. The number of hydrogen-bond donors (Lipinski definition) is 1. The highest BCUT2D eigenvalue weighted by Crippen LogP contribution is 2.25. The molecule has 1 aromatic heterocycles. The van der Waals surface area contributed by atoms with Crippen molar-refractivity contribution in [2.24, 2.45) is 0 Å². The summed E-state index contributed by atoms with van der Waals surface area (Å²) in [7, 11) is -3.72. The van der Waals surface area contributed by atoms with E-state index in [1.54, 1.807) is 18.5 Å². The third-order valence-corrected chi connectivity index (χ3v) is 6.51. The third-order valence-electron chi connectivity index (χ3n) is 4.72. The first-order valence-electron chi connectivity index (χ1n) is 8.92. The molecule has 0 amide bonds. The third kappa shape index (κ3) is 3.82. The van der Waals surface area contributed by atoms with Gasteiger partial charge in [-0.05, 0) is 57.9 Å². The summed E-state index contributed by atoms with van der Waals surface area (Å²) >= 11 is 0. The maximum absolute atomic E-state index is 13.1. The van der Waals surface area contributed by atoms with E-state index in [1.165, 1.54) is 0 Å². The van der Waals surface area contributed by atoms with Crippen LogP contribution in [0.2, 0.25) is 0 Å². The van der Waals surface area contributed by atoms with Crippen molar-refractivity contribution in [2.75, 3.05) is 0 Å². The van der Waals surface area contributed by atoms with E-state index in [4.69, 9.17) is 0 Å². The van der Waals surface area contributed by atoms with Crippen LogP contribution in [0.4, 0.5) is 0 Å². The quantitative estimate of drug-likeness (QED) is 0.720. The highest BCUT2D eigenvalue weighted by molar-refractivity contribution is 7.89. The van der Waals surface area contributed by atoms with Crippen molar-refractivity contribution in [3.8, 4) is 5.69 Å². The number of nitrogens with one attached hydrogen (secondary N) is 1. The molecule has 142 valence electrons. The van der Waals surface area contributed by atoms with Crippen LogP contribution in [-0.2, 0) is 10.0 Å². The molecule has 6 heteroatoms. The van der Waals surface area contributed by atoms with Crippen LogP contribution in [0.25, 0.3) is 5.69 Å². The molecule has 1 unspecified atom stereocenters. The number of aromatic nitrogens is 2. The molecule has 1 heterocycles. The molecular weight excluding hydrogens is 358 g/mol. The second-order valence-corrected chi connectivity index (χ2v) is 8.60. The van der Waals surface area contributed by atoms with Gasteiger partial charge in [0.15, 0.2) is 0 Å². The van der Waals surface area contributed by atoms with Crippen molar-refractivity contribution >= 4 is 10.0 Å². The van der Waals surface area contributed by atoms with Crippen LogP contribution in [0, 0.1) is 27.7 Å². The topological polar surface area (TPSA) is 64.0 Å². The zero-order chi connectivity index (χ0) is 19.8. The highest BCUT2D eigenvalue weighted by Gasteiger charge is 2.27. The Kier molecular flexibility index (Phi) is 5.22. The lowest BCUT2D eigenvalue weighted by molar-refractivity contribution is 0.565. The van der Waals surface area contributed by atoms with Gasteiger partial charge in [0.25, 0.3) is 0 Å². The fourth-order valence-electron chi connectivity index (χ4n) is 3.50. The van der Waals surface area contributed by atoms with Crippen LogP contribution in [-0.4, -0.2) is 18.2 Å². The van der Waals surface area contributed by atoms with Crippen LogP contribution in [0.5, 0.6) is 0 Å². The van der Waals surface area contributed by atoms with E-state index >= 15 is 0 Å². The Morgan fingerprint density at radius 2 is 1.67 bits per heavy atom. The zero-order valence-corrected chi connectivity index (χ0v) is 17.1. The van der Waals surface area contributed by atoms with Crippen LogP contribution < -0.4 is 4.72 Å². The van der Waals surface area contributed by atoms with Gasteiger partial charge >= 0.3 is 0 Å². The van der Waals surface area contributed by atoms with Crippen molar-refractivity contribution in [2.45, 2.75) is 45.6 Å². The van der Waals surface area contributed by atoms with Crippen molar-refractivity contribution in [3.05, 3.63) is 76.6 Å². The van der Waals surface area contributed by atoms with Crippen LogP contribution in [0.3, 0.4) is 0 Å². The van der Waals surface area contributed by atoms with E-state index in [2.05, 4.69) is 15.9 Å². The molecule has 0 saturated carbocycles. The SMILES string of the molecule is Cc1ccc(C(C)NS(=O)(=O)c2c(C)nn(-c3ccccc3)c2C)c(C)c1. The zero-order valence-electron chi connectivity index (χ0n) is 16.3. The van der Waals surface area contributed by atoms with Gasteiger partial charge in [-0.15, -0.1) is 0 Å². The summed E-state index contributed by atoms with van der Waals surface area (Å²) in [5.74, 6) is 0. The largest absolute Gasteiger partial charge is 0.244 e. The van der Waals surface area contributed by atoms with Crippen LogP contribution in [0.1, 0.15) is 41.0 Å². The molecule has 0 saturated heterocycles. The molecule has 1 atom stereocenters. The normalized spacial score (nSPS) is 12.9. The molecular formula is C21H25N3O2S. The summed E-state index contributed by atoms with van der Waals surface area (Å²) < 4.78 is 30.7. The molecule has 0 bridgehead atoms. The van der Waals surface area contributed by atoms with E-state index in [-0.39, 0.29) is 10.9 Å². The molecule has 0 aliphatic carbocycles. The summed E-state index contributed by atoms with van der Waals surface area (Å²) in [6.07, 6.45) is 0. The minimum Gasteiger partial charge on any atom is -0.236 e. The van der Waals surface area contributed by atoms with Crippen molar-refractivity contribution in [1.29, 1.82) is 0 Å². The smallest absolute Gasteiger partial charge is 0.236 e. The lowest BCUT2D eigenvalue weighted by Gasteiger charge is -2.17. The number of nitrogens with zero attached hydrogens (tertiary/aromatic N) is 2. The van der Waals surface area contributed by atoms with Gasteiger partial charge in [-0.1, -0.05) is 42.0 Å². The van der Waals surface area contributed by atoms with Gasteiger partial charge in [-0.2, -0.15) is 5.10 Å². The lowest BCUT2D eigenvalue weighted by Crippen LogP contribution is -2.28. The predicted molar refractivity (Wildman–Crippen MR) is 108 cm³/mol. The molecule has 0 aliphatic rings. The summed E-state index contributed by atoms with van der Waals surface area (Å²) in [4.78, 5) is 0.239. The Balaban J connectivity index is 1.97. The first kappa shape index (κ1) is 19.3. The second-order valence-electron chi connectivity index (χ2n) is 6.95. The number of sulfonamides is 1. The van der Waals surface area contributed by atoms with Gasteiger partial charge in [0.2, 0.25) is 10.0 Å². The molecule has 0 spiro atoms. The Hall–Kier alpha value is -2.44. The first-order valence-corrected chi connectivity index (χ1v) is 10.4. The molecule has 1 N–H and O–H groups in total. The maximum atomic E-state index is 13.1. The van der Waals surface area contributed by atoms with E-state index in [0.29, 0.717) is 11.4 Å². The number of benzene rings is 2. The number of para-hydroxylation sites is 1. The molecule has 0 fully saturated rings. The Morgan fingerprint density at radius 1 is 1.00 bits per heavy atom. The average molecular weight is 384 g/mol. The van der Waals surface area contributed by atoms with Gasteiger partial charge < -0.3 is 0 Å². The minimum absolute atomic E-state index is 0.239. The minimum atomic E-state index is -3.72. The summed E-state index contributed by atoms with van der Waals surface area (Å²) in [5.41, 5.74) is 5.10. The van der Waals surface area contributed by atoms with Crippen LogP contribution in [0.15, 0.2) is 53.4 Å². The second kappa shape index (κ2) is 7.29. The van der Waals surface area contributed by atoms with E-state index in [0.717, 1.165) is 22.4 Å². The lowest BCUT2D eigenvalue weighted by atomic mass is 10.0. The summed E-state index contributed by atoms with van der Waals surface area (Å²) in [6.45, 7) is 9.39. The van der Waals surface area contributed by atoms with Gasteiger partial charge in [0.1, 0.15) is 4.90 Å². The van der Waals surface area contributed by atoms with Gasteiger partial charge in [0, 0.05) is 6.04 Å². The maximum Gasteiger partial charge on any atom is 0.244 e. The summed E-state index contributed by atoms with van der Waals surface area (Å²) in [6, 6.07) is 15.2. The number of aryl methyl sites for hydroxylation is 3. The fraction of sp³-hybridized carbons (Fsp3) is 0.286. The van der Waals surface area contributed by atoms with Crippen molar-refractivity contribution in [3.63, 3.8) is 0 Å². The van der Waals surface area contributed by atoms with Gasteiger partial charge in [-0.25, -0.2) is 17.8 Å². The van der Waals surface area contributed by atoms with Gasteiger partial charge in [-0.3, -0.25) is 0 Å². The molecule has 27 heavy (non-hydrogen) atoms. The fourth-order valence-corrected chi connectivity index (χ4v) is 5.12. The van der Waals surface area contributed by atoms with E-state index in [1.807, 2.05) is 63.2 Å². The Labute approximate surface area is 161 Å². The predicted octanol–water partition coefficient (Wildman–Crippen LogP) is 4.15. The van der Waals surface area contributed by atoms with Crippen molar-refractivity contribution < 1.29 is 8.42 Å². The number of hydrogen-bond acceptors (Lipinski definition) is 3. The highest BCUT2D eigenvalue weighted by atomic mass is 32.2. The first-order chi connectivity index (χ1) is 12.7. The average Bonchev–Trinajstić information content (AvgIpc) is 2.90. The molecule has 3 rings (SSSR count). The van der Waals surface area contributed by atoms with Crippen LogP contribution >= 0.6 is 0 Å². The van der Waals surface area contributed by atoms with Crippen molar-refractivity contribution in [1.82, 2.24) is 14.5 Å². The number of rotatable bonds is 5. The standard InChI is InChI=1S/C21H25N3O2S/c1-14-11-12-20(15(2)13-14)16(3)23-27(25,26)21-17(4)22-24(18(21)5)19-9-7-6-8-10-19/h6-13,16,23H,1-5H3. The Bertz CT molecular complexity index is 1070. The van der Waals surface area contributed by atoms with E-state index < -0.39 is 10.0 Å². The molecule has 5 nitrogen and oxygen atoms in total.